The molecule has 1 aliphatic heterocycles. The number of benzene rings is 2. The average molecular weight is 449 g/mol. The first-order chi connectivity index (χ1) is 16.0. The van der Waals surface area contributed by atoms with E-state index < -0.39 is 24.6 Å². The lowest BCUT2D eigenvalue weighted by Gasteiger charge is -2.35. The molecule has 2 aromatic carbocycles. The molecule has 1 aliphatic rings. The van der Waals surface area contributed by atoms with Gasteiger partial charge in [0.05, 0.1) is 23.2 Å². The molecule has 0 unspecified atom stereocenters. The van der Waals surface area contributed by atoms with Gasteiger partial charge in [0.15, 0.2) is 6.29 Å². The highest BCUT2D eigenvalue weighted by molar-refractivity contribution is 6.12. The summed E-state index contributed by atoms with van der Waals surface area (Å²) < 4.78 is 13.8. The van der Waals surface area contributed by atoms with E-state index in [1.807, 2.05) is 6.07 Å². The van der Waals surface area contributed by atoms with Crippen LogP contribution >= 0.6 is 0 Å². The van der Waals surface area contributed by atoms with Crippen molar-refractivity contribution in [1.29, 1.82) is 0 Å². The Labute approximate surface area is 193 Å². The van der Waals surface area contributed by atoms with Crippen LogP contribution in [0.4, 0.5) is 0 Å². The minimum atomic E-state index is -0.842. The largest absolute Gasteiger partial charge is 0.390 e. The lowest BCUT2D eigenvalue weighted by Crippen LogP contribution is -2.47. The third kappa shape index (κ3) is 4.24. The van der Waals surface area contributed by atoms with E-state index in [4.69, 9.17) is 14.5 Å². The number of aliphatic hydroxyl groups excluding tert-OH is 2. The van der Waals surface area contributed by atoms with Crippen molar-refractivity contribution in [2.45, 2.75) is 70.7 Å². The highest BCUT2D eigenvalue weighted by Crippen LogP contribution is 2.34. The third-order valence-corrected chi connectivity index (χ3v) is 6.86. The quantitative estimate of drug-likeness (QED) is 0.401. The lowest BCUT2D eigenvalue weighted by molar-refractivity contribution is -0.246. The molecule has 0 aliphatic carbocycles. The van der Waals surface area contributed by atoms with Crippen LogP contribution < -0.4 is 0 Å². The molecular formula is C27H32N2O4. The zero-order valence-corrected chi connectivity index (χ0v) is 19.3. The number of aryl methyl sites for hydroxylation is 2. The Morgan fingerprint density at radius 2 is 1.79 bits per heavy atom. The van der Waals surface area contributed by atoms with Crippen molar-refractivity contribution in [1.82, 2.24) is 9.55 Å². The molecule has 174 valence electrons. The first-order valence-corrected chi connectivity index (χ1v) is 11.9. The maximum absolute atomic E-state index is 9.90. The van der Waals surface area contributed by atoms with Crippen molar-refractivity contribution in [3.63, 3.8) is 0 Å². The predicted octanol–water partition coefficient (Wildman–Crippen LogP) is 4.69. The Kier molecular flexibility index (Phi) is 6.34. The van der Waals surface area contributed by atoms with Gasteiger partial charge in [-0.1, -0.05) is 36.4 Å². The number of hydrogen-bond acceptors (Lipinski definition) is 5. The van der Waals surface area contributed by atoms with Gasteiger partial charge in [-0.15, -0.1) is 0 Å². The van der Waals surface area contributed by atoms with Crippen molar-refractivity contribution in [3.8, 4) is 0 Å². The van der Waals surface area contributed by atoms with E-state index in [1.165, 1.54) is 27.2 Å². The second-order valence-electron chi connectivity index (χ2n) is 9.12. The molecule has 0 radical (unpaired) electrons. The van der Waals surface area contributed by atoms with Crippen LogP contribution in [0.1, 0.15) is 38.2 Å². The van der Waals surface area contributed by atoms with Crippen molar-refractivity contribution < 1.29 is 19.7 Å². The van der Waals surface area contributed by atoms with Crippen molar-refractivity contribution in [2.24, 2.45) is 0 Å². The topological polar surface area (TPSA) is 76.7 Å². The summed E-state index contributed by atoms with van der Waals surface area (Å²) >= 11 is 0. The first kappa shape index (κ1) is 22.3. The molecule has 1 fully saturated rings. The fourth-order valence-corrected chi connectivity index (χ4v) is 5.04. The fourth-order valence-electron chi connectivity index (χ4n) is 5.04. The van der Waals surface area contributed by atoms with E-state index in [-0.39, 0.29) is 0 Å². The number of para-hydroxylation sites is 2. The molecule has 2 N–H and O–H groups in total. The predicted molar refractivity (Wildman–Crippen MR) is 130 cm³/mol. The Bertz CT molecular complexity index is 1260. The molecule has 5 rings (SSSR count). The van der Waals surface area contributed by atoms with Gasteiger partial charge in [0.1, 0.15) is 11.8 Å². The summed E-state index contributed by atoms with van der Waals surface area (Å²) in [4.78, 5) is 5.05. The summed E-state index contributed by atoms with van der Waals surface area (Å²) in [5, 5.41) is 23.4. The third-order valence-electron chi connectivity index (χ3n) is 6.86. The van der Waals surface area contributed by atoms with Gasteiger partial charge < -0.3 is 24.3 Å². The summed E-state index contributed by atoms with van der Waals surface area (Å²) in [7, 11) is 0. The SMILES string of the molecule is Cc1c2ccccc2nc2c1c1ccccc1n2CCCCCO[C@H]1C[C@H](O)[C@@H](O)[C@H](C)O1. The van der Waals surface area contributed by atoms with Crippen LogP contribution in [0, 0.1) is 6.92 Å². The lowest BCUT2D eigenvalue weighted by atomic mass is 10.0. The van der Waals surface area contributed by atoms with E-state index in [9.17, 15) is 10.2 Å². The van der Waals surface area contributed by atoms with Crippen LogP contribution in [0.5, 0.6) is 0 Å². The molecule has 0 saturated carbocycles. The molecule has 0 amide bonds. The standard InChI is InChI=1S/C27H32N2O4/c1-17-19-10-4-6-12-21(19)28-27-25(17)20-11-5-7-13-22(20)29(27)14-8-3-9-15-32-24-16-23(30)26(31)18(2)33-24/h4-7,10-13,18,23-24,26,30-31H,3,8-9,14-16H2,1-2H3/t18-,23-,24+,26-/m0/s1. The summed E-state index contributed by atoms with van der Waals surface area (Å²) in [5.74, 6) is 0. The van der Waals surface area contributed by atoms with Crippen LogP contribution in [-0.4, -0.2) is 51.0 Å². The van der Waals surface area contributed by atoms with E-state index in [0.717, 1.165) is 37.0 Å². The Hall–Kier alpha value is -2.51. The van der Waals surface area contributed by atoms with Gasteiger partial charge in [0.2, 0.25) is 0 Å². The van der Waals surface area contributed by atoms with E-state index in [2.05, 4.69) is 54.0 Å². The molecule has 6 heteroatoms. The van der Waals surface area contributed by atoms with Crippen LogP contribution in [0.3, 0.4) is 0 Å². The van der Waals surface area contributed by atoms with Gasteiger partial charge in [-0.05, 0) is 50.8 Å². The van der Waals surface area contributed by atoms with Crippen LogP contribution in [-0.2, 0) is 16.0 Å². The molecule has 3 heterocycles. The molecule has 33 heavy (non-hydrogen) atoms. The molecule has 4 atom stereocenters. The summed E-state index contributed by atoms with van der Waals surface area (Å²) in [6, 6.07) is 16.9. The van der Waals surface area contributed by atoms with Crippen molar-refractivity contribution in [3.05, 3.63) is 54.1 Å². The van der Waals surface area contributed by atoms with Crippen LogP contribution in [0.25, 0.3) is 32.8 Å². The highest BCUT2D eigenvalue weighted by Gasteiger charge is 2.34. The fraction of sp³-hybridized carbons (Fsp3) is 0.444. The van der Waals surface area contributed by atoms with Crippen LogP contribution in [0.15, 0.2) is 48.5 Å². The monoisotopic (exact) mass is 448 g/mol. The number of pyridine rings is 1. The molecule has 6 nitrogen and oxygen atoms in total. The molecule has 0 bridgehead atoms. The van der Waals surface area contributed by atoms with E-state index >= 15 is 0 Å². The molecule has 4 aromatic rings. The van der Waals surface area contributed by atoms with Crippen molar-refractivity contribution in [2.75, 3.05) is 6.61 Å². The number of hydrogen-bond donors (Lipinski definition) is 2. The summed E-state index contributed by atoms with van der Waals surface area (Å²) in [5.41, 5.74) is 4.61. The van der Waals surface area contributed by atoms with Gasteiger partial charge in [-0.2, -0.15) is 0 Å². The minimum Gasteiger partial charge on any atom is -0.390 e. The van der Waals surface area contributed by atoms with Gasteiger partial charge in [0.25, 0.3) is 0 Å². The number of aromatic nitrogens is 2. The molecular weight excluding hydrogens is 416 g/mol. The van der Waals surface area contributed by atoms with E-state index in [0.29, 0.717) is 13.0 Å². The molecule has 1 saturated heterocycles. The molecule has 0 spiro atoms. The number of unbranched alkanes of at least 4 members (excludes halogenated alkanes) is 2. The molecule has 2 aromatic heterocycles. The second-order valence-corrected chi connectivity index (χ2v) is 9.12. The maximum Gasteiger partial charge on any atom is 0.160 e. The number of nitrogens with zero attached hydrogens (tertiary/aromatic N) is 2. The van der Waals surface area contributed by atoms with Gasteiger partial charge in [0, 0.05) is 35.7 Å². The normalized spacial score (nSPS) is 23.6. The van der Waals surface area contributed by atoms with E-state index in [1.54, 1.807) is 6.92 Å². The summed E-state index contributed by atoms with van der Waals surface area (Å²) in [6.45, 7) is 5.44. The second kappa shape index (κ2) is 9.39. The van der Waals surface area contributed by atoms with Gasteiger partial charge in [-0.25, -0.2) is 4.98 Å². The van der Waals surface area contributed by atoms with Gasteiger partial charge in [-0.3, -0.25) is 0 Å². The Morgan fingerprint density at radius 3 is 2.61 bits per heavy atom. The van der Waals surface area contributed by atoms with Crippen LogP contribution in [0.2, 0.25) is 0 Å². The number of fused-ring (bicyclic) bond motifs is 4. The Balaban J connectivity index is 1.26. The maximum atomic E-state index is 9.90. The Morgan fingerprint density at radius 1 is 1.03 bits per heavy atom. The zero-order valence-electron chi connectivity index (χ0n) is 19.3. The number of rotatable bonds is 7. The zero-order chi connectivity index (χ0) is 22.9. The number of ether oxygens (including phenoxy) is 2. The smallest absolute Gasteiger partial charge is 0.160 e. The highest BCUT2D eigenvalue weighted by atomic mass is 16.7. The summed E-state index contributed by atoms with van der Waals surface area (Å²) in [6.07, 6.45) is 0.775. The minimum absolute atomic E-state index is 0.311. The van der Waals surface area contributed by atoms with Crippen molar-refractivity contribution >= 4 is 32.8 Å². The van der Waals surface area contributed by atoms with Gasteiger partial charge >= 0.3 is 0 Å². The number of aliphatic hydroxyl groups is 2. The first-order valence-electron chi connectivity index (χ1n) is 11.9. The average Bonchev–Trinajstić information content (AvgIpc) is 3.13.